The van der Waals surface area contributed by atoms with Gasteiger partial charge in [-0.25, -0.2) is 8.42 Å². The molecule has 1 aliphatic carbocycles. The molecular formula is C27H33N3O4S. The third kappa shape index (κ3) is 4.87. The van der Waals surface area contributed by atoms with Crippen molar-refractivity contribution in [3.05, 3.63) is 65.9 Å². The second-order valence-electron chi connectivity index (χ2n) is 10.1. The van der Waals surface area contributed by atoms with Crippen LogP contribution in [0.2, 0.25) is 0 Å². The van der Waals surface area contributed by atoms with Crippen LogP contribution in [0, 0.1) is 12.8 Å². The molecule has 35 heavy (non-hydrogen) atoms. The lowest BCUT2D eigenvalue weighted by Gasteiger charge is -2.48. The molecule has 1 amide bonds. The molecule has 7 nitrogen and oxygen atoms in total. The highest BCUT2D eigenvalue weighted by molar-refractivity contribution is 7.89. The van der Waals surface area contributed by atoms with Gasteiger partial charge in [0.1, 0.15) is 6.04 Å². The normalized spacial score (nSPS) is 23.7. The summed E-state index contributed by atoms with van der Waals surface area (Å²) in [5.74, 6) is -0.199. The van der Waals surface area contributed by atoms with Crippen molar-refractivity contribution in [2.45, 2.75) is 62.0 Å². The number of hydrogen-bond donors (Lipinski definition) is 3. The summed E-state index contributed by atoms with van der Waals surface area (Å²) in [4.78, 5) is 18.9. The summed E-state index contributed by atoms with van der Waals surface area (Å²) in [6, 6.07) is 13.5. The number of aromatic amines is 1. The van der Waals surface area contributed by atoms with Crippen molar-refractivity contribution in [1.82, 2.24) is 14.6 Å². The maximum Gasteiger partial charge on any atom is 0.241 e. The highest BCUT2D eigenvalue weighted by Crippen LogP contribution is 2.40. The van der Waals surface area contributed by atoms with E-state index in [1.54, 1.807) is 29.2 Å². The number of rotatable bonds is 6. The predicted octanol–water partition coefficient (Wildman–Crippen LogP) is 3.52. The number of aliphatic hydroxyl groups is 1. The molecule has 2 aromatic carbocycles. The summed E-state index contributed by atoms with van der Waals surface area (Å²) in [7, 11) is -3.91. The van der Waals surface area contributed by atoms with E-state index in [1.165, 1.54) is 0 Å². The van der Waals surface area contributed by atoms with E-state index in [4.69, 9.17) is 0 Å². The molecule has 0 bridgehead atoms. The van der Waals surface area contributed by atoms with Gasteiger partial charge in [-0.05, 0) is 56.4 Å². The molecule has 3 N–H and O–H groups in total. The Morgan fingerprint density at radius 2 is 1.94 bits per heavy atom. The van der Waals surface area contributed by atoms with E-state index in [2.05, 4.69) is 9.71 Å². The Morgan fingerprint density at radius 3 is 2.74 bits per heavy atom. The van der Waals surface area contributed by atoms with Gasteiger partial charge < -0.3 is 15.0 Å². The molecule has 1 aliphatic heterocycles. The van der Waals surface area contributed by atoms with Crippen LogP contribution in [0.15, 0.2) is 59.6 Å². The average molecular weight is 496 g/mol. The average Bonchev–Trinajstić information content (AvgIpc) is 3.25. The molecule has 3 aromatic rings. The highest BCUT2D eigenvalue weighted by atomic mass is 32.2. The minimum atomic E-state index is -3.91. The number of carbonyl (C=O) groups excluding carboxylic acids is 1. The van der Waals surface area contributed by atoms with E-state index in [0.717, 1.165) is 47.7 Å². The third-order valence-corrected chi connectivity index (χ3v) is 9.25. The predicted molar refractivity (Wildman–Crippen MR) is 135 cm³/mol. The number of fused-ring (bicyclic) bond motifs is 2. The molecule has 1 saturated carbocycles. The fourth-order valence-electron chi connectivity index (χ4n) is 5.66. The van der Waals surface area contributed by atoms with Gasteiger partial charge in [0.15, 0.2) is 0 Å². The number of benzene rings is 2. The number of amides is 1. The number of para-hydroxylation sites is 1. The first-order valence-electron chi connectivity index (χ1n) is 12.4. The monoisotopic (exact) mass is 495 g/mol. The van der Waals surface area contributed by atoms with Crippen molar-refractivity contribution in [3.63, 3.8) is 0 Å². The summed E-state index contributed by atoms with van der Waals surface area (Å²) < 4.78 is 29.3. The van der Waals surface area contributed by atoms with Gasteiger partial charge in [0.25, 0.3) is 0 Å². The summed E-state index contributed by atoms with van der Waals surface area (Å²) in [6.45, 7) is 2.80. The van der Waals surface area contributed by atoms with Crippen LogP contribution in [0.5, 0.6) is 0 Å². The molecule has 8 heteroatoms. The lowest BCUT2D eigenvalue weighted by atomic mass is 9.71. The Labute approximate surface area is 206 Å². The van der Waals surface area contributed by atoms with Crippen LogP contribution in [0.3, 0.4) is 0 Å². The van der Waals surface area contributed by atoms with Crippen LogP contribution in [-0.2, 0) is 21.2 Å². The third-order valence-electron chi connectivity index (χ3n) is 7.77. The zero-order valence-electron chi connectivity index (χ0n) is 20.0. The number of H-pyrrole nitrogens is 1. The quantitative estimate of drug-likeness (QED) is 0.487. The standard InChI is InChI=1S/C27H33N3O4S/c1-19-9-11-22(12-10-19)35(33,34)29-25(16-20-17-28-24-8-3-2-7-23(20)24)26(31)30-15-14-27(32)13-5-4-6-21(27)18-30/h2-3,7-12,17,21,25,28-29,32H,4-6,13-16,18H2,1H3/t21-,25+,27+/m0/s1. The van der Waals surface area contributed by atoms with Gasteiger partial charge in [0, 0.05) is 36.1 Å². The fourth-order valence-corrected chi connectivity index (χ4v) is 6.85. The van der Waals surface area contributed by atoms with E-state index >= 15 is 0 Å². The van der Waals surface area contributed by atoms with E-state index in [0.29, 0.717) is 19.5 Å². The minimum absolute atomic E-state index is 0.0383. The van der Waals surface area contributed by atoms with Gasteiger partial charge in [0.2, 0.25) is 15.9 Å². The topological polar surface area (TPSA) is 102 Å². The number of likely N-dealkylation sites (tertiary alicyclic amines) is 1. The van der Waals surface area contributed by atoms with Crippen LogP contribution in [-0.4, -0.2) is 54.0 Å². The molecule has 0 unspecified atom stereocenters. The summed E-state index contributed by atoms with van der Waals surface area (Å²) >= 11 is 0. The number of hydrogen-bond acceptors (Lipinski definition) is 4. The first kappa shape index (κ1) is 24.0. The van der Waals surface area contributed by atoms with Crippen molar-refractivity contribution in [1.29, 1.82) is 0 Å². The Morgan fingerprint density at radius 1 is 1.17 bits per heavy atom. The van der Waals surface area contributed by atoms with Crippen LogP contribution in [0.25, 0.3) is 10.9 Å². The van der Waals surface area contributed by atoms with Crippen LogP contribution in [0.4, 0.5) is 0 Å². The number of nitrogens with zero attached hydrogens (tertiary/aromatic N) is 1. The summed E-state index contributed by atoms with van der Waals surface area (Å²) in [6.07, 6.45) is 6.35. The molecule has 0 spiro atoms. The van der Waals surface area contributed by atoms with Gasteiger partial charge in [0.05, 0.1) is 10.5 Å². The molecular weight excluding hydrogens is 462 g/mol. The SMILES string of the molecule is Cc1ccc(S(=O)(=O)N[C@H](Cc2c[nH]c3ccccc23)C(=O)N2CC[C@]3(O)CCCC[C@H]3C2)cc1. The van der Waals surface area contributed by atoms with Gasteiger partial charge in [-0.1, -0.05) is 48.7 Å². The minimum Gasteiger partial charge on any atom is -0.389 e. The number of aryl methyl sites for hydroxylation is 1. The molecule has 5 rings (SSSR count). The number of aromatic nitrogens is 1. The van der Waals surface area contributed by atoms with Crippen LogP contribution < -0.4 is 4.72 Å². The molecule has 186 valence electrons. The molecule has 3 atom stereocenters. The summed E-state index contributed by atoms with van der Waals surface area (Å²) in [5, 5.41) is 12.0. The van der Waals surface area contributed by atoms with Gasteiger partial charge in [-0.15, -0.1) is 0 Å². The lowest BCUT2D eigenvalue weighted by Crippen LogP contribution is -2.58. The van der Waals surface area contributed by atoms with Crippen LogP contribution in [0.1, 0.15) is 43.2 Å². The van der Waals surface area contributed by atoms with Crippen molar-refractivity contribution in [2.75, 3.05) is 13.1 Å². The molecule has 0 radical (unpaired) electrons. The fraction of sp³-hybridized carbons (Fsp3) is 0.444. The number of carbonyl (C=O) groups is 1. The van der Waals surface area contributed by atoms with Crippen molar-refractivity contribution in [3.8, 4) is 0 Å². The largest absolute Gasteiger partial charge is 0.389 e. The van der Waals surface area contributed by atoms with Gasteiger partial charge >= 0.3 is 0 Å². The van der Waals surface area contributed by atoms with Gasteiger partial charge in [-0.2, -0.15) is 4.72 Å². The molecule has 2 heterocycles. The Hall–Kier alpha value is -2.68. The van der Waals surface area contributed by atoms with Crippen molar-refractivity contribution >= 4 is 26.8 Å². The zero-order chi connectivity index (χ0) is 24.6. The summed E-state index contributed by atoms with van der Waals surface area (Å²) in [5.41, 5.74) is 2.09. The van der Waals surface area contributed by atoms with E-state index in [-0.39, 0.29) is 23.1 Å². The first-order chi connectivity index (χ1) is 16.7. The Kier molecular flexibility index (Phi) is 6.46. The number of sulfonamides is 1. The maximum absolute atomic E-state index is 13.8. The Balaban J connectivity index is 1.43. The maximum atomic E-state index is 13.8. The van der Waals surface area contributed by atoms with Crippen LogP contribution >= 0.6 is 0 Å². The van der Waals surface area contributed by atoms with Crippen molar-refractivity contribution in [2.24, 2.45) is 5.92 Å². The lowest BCUT2D eigenvalue weighted by molar-refractivity contribution is -0.145. The van der Waals surface area contributed by atoms with Gasteiger partial charge in [-0.3, -0.25) is 4.79 Å². The molecule has 1 saturated heterocycles. The zero-order valence-corrected chi connectivity index (χ0v) is 20.9. The van der Waals surface area contributed by atoms with Crippen molar-refractivity contribution < 1.29 is 18.3 Å². The first-order valence-corrected chi connectivity index (χ1v) is 13.9. The Bertz CT molecular complexity index is 1320. The van der Waals surface area contributed by atoms with E-state index < -0.39 is 21.7 Å². The second kappa shape index (κ2) is 9.41. The smallest absolute Gasteiger partial charge is 0.241 e. The molecule has 2 aliphatic rings. The number of piperidine rings is 1. The molecule has 1 aromatic heterocycles. The highest BCUT2D eigenvalue weighted by Gasteiger charge is 2.45. The van der Waals surface area contributed by atoms with E-state index in [9.17, 15) is 18.3 Å². The second-order valence-corrected chi connectivity index (χ2v) is 11.8. The molecule has 2 fully saturated rings. The number of nitrogens with one attached hydrogen (secondary N) is 2. The van der Waals surface area contributed by atoms with E-state index in [1.807, 2.05) is 37.4 Å².